The van der Waals surface area contributed by atoms with Crippen molar-refractivity contribution in [3.8, 4) is 5.75 Å². The maximum absolute atomic E-state index is 13.8. The van der Waals surface area contributed by atoms with Gasteiger partial charge in [-0.1, -0.05) is 50.4 Å². The second-order valence-electron chi connectivity index (χ2n) is 14.8. The molecule has 2 unspecified atom stereocenters. The van der Waals surface area contributed by atoms with Crippen LogP contribution >= 0.6 is 11.6 Å². The van der Waals surface area contributed by atoms with Gasteiger partial charge in [0.1, 0.15) is 5.75 Å². The number of ether oxygens (including phenoxy) is 1. The highest BCUT2D eigenvalue weighted by Crippen LogP contribution is 2.46. The van der Waals surface area contributed by atoms with E-state index in [1.165, 1.54) is 0 Å². The van der Waals surface area contributed by atoms with Gasteiger partial charge in [-0.3, -0.25) is 9.59 Å². The number of benzene rings is 1. The fourth-order valence-electron chi connectivity index (χ4n) is 8.05. The van der Waals surface area contributed by atoms with Crippen molar-refractivity contribution in [2.45, 2.75) is 83.8 Å². The van der Waals surface area contributed by atoms with Crippen LogP contribution in [0.25, 0.3) is 0 Å². The highest BCUT2D eigenvalue weighted by molar-refractivity contribution is 7.90. The fraction of sp³-hybridized carbons (Fsp3) is 0.667. The first kappa shape index (κ1) is 33.4. The monoisotopic (exact) mass is 671 g/mol. The summed E-state index contributed by atoms with van der Waals surface area (Å²) in [5.74, 6) is 1.05. The molecule has 0 aromatic heterocycles. The van der Waals surface area contributed by atoms with Gasteiger partial charge in [-0.05, 0) is 99.8 Å². The molecule has 2 amide bonds. The SMILES string of the molecule is C[C@@H]1[C@@H](C)CCC[C@@H](C(=O)N2CCC2)[C@@H]2CC[C@H]2CN2CCCCC3C=C(Cl)C=CC3(C)COc3ccc(cc32)C(=O)NS1(=O)=O. The quantitative estimate of drug-likeness (QED) is 0.366. The lowest BCUT2D eigenvalue weighted by atomic mass is 9.65. The van der Waals surface area contributed by atoms with Gasteiger partial charge in [-0.2, -0.15) is 0 Å². The summed E-state index contributed by atoms with van der Waals surface area (Å²) in [7, 11) is -3.91. The minimum atomic E-state index is -3.91. The summed E-state index contributed by atoms with van der Waals surface area (Å²) in [4.78, 5) is 31.6. The van der Waals surface area contributed by atoms with Gasteiger partial charge in [-0.15, -0.1) is 0 Å². The van der Waals surface area contributed by atoms with Gasteiger partial charge < -0.3 is 14.5 Å². The molecule has 5 aliphatic rings. The van der Waals surface area contributed by atoms with E-state index in [1.807, 2.05) is 30.0 Å². The molecule has 6 rings (SSSR count). The van der Waals surface area contributed by atoms with Crippen LogP contribution in [-0.4, -0.2) is 63.2 Å². The van der Waals surface area contributed by atoms with Crippen LogP contribution in [0.1, 0.15) is 88.9 Å². The van der Waals surface area contributed by atoms with Crippen molar-refractivity contribution in [1.29, 1.82) is 0 Å². The van der Waals surface area contributed by atoms with Crippen LogP contribution in [0.15, 0.2) is 41.5 Å². The van der Waals surface area contributed by atoms with Crippen molar-refractivity contribution >= 4 is 39.1 Å². The topological polar surface area (TPSA) is 96.0 Å². The molecule has 0 spiro atoms. The van der Waals surface area contributed by atoms with Gasteiger partial charge >= 0.3 is 0 Å². The second-order valence-corrected chi connectivity index (χ2v) is 17.3. The van der Waals surface area contributed by atoms with Crippen LogP contribution in [0.2, 0.25) is 0 Å². The zero-order valence-electron chi connectivity index (χ0n) is 27.5. The number of amides is 2. The van der Waals surface area contributed by atoms with E-state index in [2.05, 4.69) is 28.7 Å². The van der Waals surface area contributed by atoms with Crippen LogP contribution in [0.4, 0.5) is 5.69 Å². The lowest BCUT2D eigenvalue weighted by molar-refractivity contribution is -0.144. The molecule has 3 heterocycles. The highest BCUT2D eigenvalue weighted by atomic mass is 35.5. The van der Waals surface area contributed by atoms with Crippen LogP contribution in [0.3, 0.4) is 0 Å². The molecule has 7 atom stereocenters. The van der Waals surface area contributed by atoms with E-state index in [-0.39, 0.29) is 29.1 Å². The molecule has 2 aliphatic carbocycles. The molecule has 10 heteroatoms. The van der Waals surface area contributed by atoms with Crippen molar-refractivity contribution in [3.63, 3.8) is 0 Å². The standard InChI is InChI=1S/C36H50ClN3O5S/c1-24-8-6-10-31(35(42)39-18-7-19-39)30-13-11-27(30)22-40-17-5-4-9-28-21-29(37)15-16-36(28,3)23-45-33-14-12-26(20-32(33)40)34(41)38-46(43,44)25(24)2/h12,14-16,20-21,24-25,27-28,30-31H,4-11,13,17-19,22-23H2,1-3H3,(H,38,41)/t24-,25+,27-,28?,30+,31+,36?/m0/s1. The van der Waals surface area contributed by atoms with Crippen molar-refractivity contribution < 1.29 is 22.7 Å². The fourth-order valence-corrected chi connectivity index (χ4v) is 9.57. The second kappa shape index (κ2) is 13.5. The number of hydrogen-bond acceptors (Lipinski definition) is 6. The van der Waals surface area contributed by atoms with Gasteiger partial charge in [-0.25, -0.2) is 13.1 Å². The number of anilines is 1. The number of hydrogen-bond donors (Lipinski definition) is 1. The molecule has 252 valence electrons. The Hall–Kier alpha value is -2.52. The third-order valence-corrected chi connectivity index (χ3v) is 13.9. The van der Waals surface area contributed by atoms with Crippen molar-refractivity contribution in [1.82, 2.24) is 9.62 Å². The van der Waals surface area contributed by atoms with Gasteiger partial charge in [0.2, 0.25) is 15.9 Å². The van der Waals surface area contributed by atoms with Gasteiger partial charge in [0.25, 0.3) is 5.91 Å². The van der Waals surface area contributed by atoms with Crippen LogP contribution in [0.5, 0.6) is 5.75 Å². The maximum Gasteiger partial charge on any atom is 0.264 e. The summed E-state index contributed by atoms with van der Waals surface area (Å²) in [6.07, 6.45) is 14.6. The number of carbonyl (C=O) groups excluding carboxylic acids is 2. The number of fused-ring (bicyclic) bond motifs is 3. The van der Waals surface area contributed by atoms with E-state index in [0.717, 1.165) is 88.3 Å². The van der Waals surface area contributed by atoms with Gasteiger partial charge in [0.05, 0.1) is 17.5 Å². The van der Waals surface area contributed by atoms with Crippen molar-refractivity contribution in [3.05, 3.63) is 47.0 Å². The Labute approximate surface area is 280 Å². The number of allylic oxidation sites excluding steroid dienone is 3. The summed E-state index contributed by atoms with van der Waals surface area (Å²) >= 11 is 6.44. The first-order valence-electron chi connectivity index (χ1n) is 17.4. The predicted octanol–water partition coefficient (Wildman–Crippen LogP) is 6.51. The number of nitrogens with one attached hydrogen (secondary N) is 1. The van der Waals surface area contributed by atoms with E-state index in [0.29, 0.717) is 36.2 Å². The molecular weight excluding hydrogens is 622 g/mol. The zero-order valence-corrected chi connectivity index (χ0v) is 29.1. The summed E-state index contributed by atoms with van der Waals surface area (Å²) in [5.41, 5.74) is 0.870. The minimum absolute atomic E-state index is 0.0387. The van der Waals surface area contributed by atoms with Crippen molar-refractivity contribution in [2.24, 2.45) is 35.0 Å². The molecule has 1 saturated carbocycles. The highest BCUT2D eigenvalue weighted by Gasteiger charge is 2.43. The Kier molecular flexibility index (Phi) is 9.82. The van der Waals surface area contributed by atoms with E-state index >= 15 is 0 Å². The summed E-state index contributed by atoms with van der Waals surface area (Å²) in [5, 5.41) is 0.0151. The third kappa shape index (κ3) is 6.87. The van der Waals surface area contributed by atoms with Crippen molar-refractivity contribution in [2.75, 3.05) is 37.7 Å². The Morgan fingerprint density at radius 3 is 2.54 bits per heavy atom. The summed E-state index contributed by atoms with van der Waals surface area (Å²) in [6.45, 7) is 9.49. The Morgan fingerprint density at radius 1 is 1.02 bits per heavy atom. The Bertz CT molecular complexity index is 1490. The average Bonchev–Trinajstić information content (AvgIpc) is 3.00. The number of sulfonamides is 1. The summed E-state index contributed by atoms with van der Waals surface area (Å²) < 4.78 is 35.8. The minimum Gasteiger partial charge on any atom is -0.490 e. The molecular formula is C36H50ClN3O5S. The van der Waals surface area contributed by atoms with Gasteiger partial charge in [0.15, 0.2) is 0 Å². The molecule has 2 bridgehead atoms. The number of halogens is 1. The first-order valence-corrected chi connectivity index (χ1v) is 19.3. The van der Waals surface area contributed by atoms with E-state index in [9.17, 15) is 18.0 Å². The summed E-state index contributed by atoms with van der Waals surface area (Å²) in [6, 6.07) is 5.29. The molecule has 0 radical (unpaired) electrons. The Balaban J connectivity index is 1.37. The van der Waals surface area contributed by atoms with E-state index < -0.39 is 21.2 Å². The lowest BCUT2D eigenvalue weighted by Crippen LogP contribution is -2.51. The number of rotatable bonds is 1. The largest absolute Gasteiger partial charge is 0.490 e. The predicted molar refractivity (Wildman–Crippen MR) is 182 cm³/mol. The molecule has 3 aliphatic heterocycles. The van der Waals surface area contributed by atoms with E-state index in [1.54, 1.807) is 13.0 Å². The normalized spacial score (nSPS) is 35.0. The lowest BCUT2D eigenvalue weighted by Gasteiger charge is -2.46. The number of nitrogens with zero attached hydrogens (tertiary/aromatic N) is 2. The molecule has 1 aromatic rings. The molecule has 1 saturated heterocycles. The van der Waals surface area contributed by atoms with E-state index in [4.69, 9.17) is 16.3 Å². The molecule has 46 heavy (non-hydrogen) atoms. The third-order valence-electron chi connectivity index (χ3n) is 11.8. The molecule has 8 nitrogen and oxygen atoms in total. The maximum atomic E-state index is 13.8. The van der Waals surface area contributed by atoms with Crippen LogP contribution in [0, 0.1) is 35.0 Å². The average molecular weight is 672 g/mol. The van der Waals surface area contributed by atoms with Crippen LogP contribution in [-0.2, 0) is 14.8 Å². The molecule has 1 aromatic carbocycles. The van der Waals surface area contributed by atoms with Gasteiger partial charge in [0, 0.05) is 48.1 Å². The smallest absolute Gasteiger partial charge is 0.264 e. The zero-order chi connectivity index (χ0) is 32.6. The first-order chi connectivity index (χ1) is 21.9. The van der Waals surface area contributed by atoms with Crippen LogP contribution < -0.4 is 14.4 Å². The Morgan fingerprint density at radius 2 is 1.83 bits per heavy atom. The molecule has 1 N–H and O–H groups in total. The molecule has 2 fully saturated rings. The number of carbonyl (C=O) groups is 2. The number of likely N-dealkylation sites (tertiary alicyclic amines) is 1.